The molecule has 0 spiro atoms. The fourth-order valence-electron chi connectivity index (χ4n) is 1.47. The fraction of sp³-hybridized carbons (Fsp3) is 0.500. The summed E-state index contributed by atoms with van der Waals surface area (Å²) in [7, 11) is 0. The summed E-state index contributed by atoms with van der Waals surface area (Å²) in [6.45, 7) is 8.15. The lowest BCUT2D eigenvalue weighted by Gasteiger charge is -2.20. The molecule has 0 radical (unpaired) electrons. The average molecular weight is 313 g/mol. The first-order valence-electron chi connectivity index (χ1n) is 6.22. The van der Waals surface area contributed by atoms with E-state index < -0.39 is 0 Å². The van der Waals surface area contributed by atoms with Crippen LogP contribution in [-0.4, -0.2) is 12.1 Å². The Morgan fingerprint density at radius 3 is 2.39 bits per heavy atom. The van der Waals surface area contributed by atoms with Gasteiger partial charge in [-0.15, -0.1) is 0 Å². The van der Waals surface area contributed by atoms with Gasteiger partial charge in [0.2, 0.25) is 0 Å². The molecule has 18 heavy (non-hydrogen) atoms. The van der Waals surface area contributed by atoms with E-state index in [1.165, 1.54) is 0 Å². The lowest BCUT2D eigenvalue weighted by Crippen LogP contribution is -2.43. The summed E-state index contributed by atoms with van der Waals surface area (Å²) in [5.74, 6) is 0.428. The minimum Gasteiger partial charge on any atom is -0.335 e. The van der Waals surface area contributed by atoms with Crippen LogP contribution in [-0.2, 0) is 0 Å². The van der Waals surface area contributed by atoms with Crippen LogP contribution in [0.5, 0.6) is 0 Å². The molecule has 0 saturated heterocycles. The van der Waals surface area contributed by atoms with E-state index >= 15 is 0 Å². The van der Waals surface area contributed by atoms with Gasteiger partial charge in [-0.2, -0.15) is 0 Å². The molecule has 1 aromatic carbocycles. The molecule has 0 aliphatic heterocycles. The van der Waals surface area contributed by atoms with Crippen molar-refractivity contribution in [3.05, 3.63) is 34.3 Å². The first-order chi connectivity index (χ1) is 8.40. The number of halogens is 1. The Kier molecular flexibility index (Phi) is 5.66. The van der Waals surface area contributed by atoms with Crippen molar-refractivity contribution in [2.75, 3.05) is 0 Å². The van der Waals surface area contributed by atoms with Crippen LogP contribution >= 0.6 is 15.9 Å². The zero-order valence-corrected chi connectivity index (χ0v) is 12.9. The van der Waals surface area contributed by atoms with E-state index in [2.05, 4.69) is 40.4 Å². The summed E-state index contributed by atoms with van der Waals surface area (Å²) in [6.07, 6.45) is 0. The maximum Gasteiger partial charge on any atom is 0.315 e. The van der Waals surface area contributed by atoms with Gasteiger partial charge in [0.1, 0.15) is 0 Å². The molecule has 0 saturated carbocycles. The Bertz CT molecular complexity index is 407. The van der Waals surface area contributed by atoms with Crippen molar-refractivity contribution in [3.63, 3.8) is 0 Å². The molecule has 0 aliphatic rings. The Balaban J connectivity index is 2.54. The summed E-state index contributed by atoms with van der Waals surface area (Å²) in [6, 6.07) is 7.98. The molecular weight excluding hydrogens is 292 g/mol. The van der Waals surface area contributed by atoms with E-state index in [0.717, 1.165) is 10.0 Å². The number of benzene rings is 1. The summed E-state index contributed by atoms with van der Waals surface area (Å²) < 4.78 is 1.02. The zero-order valence-electron chi connectivity index (χ0n) is 11.3. The number of hydrogen-bond donors (Lipinski definition) is 2. The van der Waals surface area contributed by atoms with Crippen molar-refractivity contribution >= 4 is 22.0 Å². The number of amides is 2. The first-order valence-corrected chi connectivity index (χ1v) is 7.02. The molecule has 1 rings (SSSR count). The molecule has 2 amide bonds. The Morgan fingerprint density at radius 2 is 1.83 bits per heavy atom. The highest BCUT2D eigenvalue weighted by atomic mass is 79.9. The SMILES string of the molecule is CC(NC(=O)NC(C)C(C)C)c1cccc(Br)c1. The average Bonchev–Trinajstić information content (AvgIpc) is 2.28. The summed E-state index contributed by atoms with van der Waals surface area (Å²) in [4.78, 5) is 11.8. The Hall–Kier alpha value is -1.03. The largest absolute Gasteiger partial charge is 0.335 e. The van der Waals surface area contributed by atoms with Crippen molar-refractivity contribution in [3.8, 4) is 0 Å². The topological polar surface area (TPSA) is 41.1 Å². The Morgan fingerprint density at radius 1 is 1.17 bits per heavy atom. The smallest absolute Gasteiger partial charge is 0.315 e. The molecule has 100 valence electrons. The summed E-state index contributed by atoms with van der Waals surface area (Å²) in [5.41, 5.74) is 1.08. The van der Waals surface area contributed by atoms with Crippen LogP contribution in [0.3, 0.4) is 0 Å². The number of urea groups is 1. The summed E-state index contributed by atoms with van der Waals surface area (Å²) in [5, 5.41) is 5.87. The number of rotatable bonds is 4. The summed E-state index contributed by atoms with van der Waals surface area (Å²) >= 11 is 3.43. The van der Waals surface area contributed by atoms with Gasteiger partial charge in [0.05, 0.1) is 6.04 Å². The van der Waals surface area contributed by atoms with E-state index in [0.29, 0.717) is 5.92 Å². The lowest BCUT2D eigenvalue weighted by molar-refractivity contribution is 0.231. The minimum atomic E-state index is -0.122. The van der Waals surface area contributed by atoms with Gasteiger partial charge in [0, 0.05) is 10.5 Å². The van der Waals surface area contributed by atoms with Crippen LogP contribution in [0.25, 0.3) is 0 Å². The third-order valence-electron chi connectivity index (χ3n) is 3.06. The predicted octanol–water partition coefficient (Wildman–Crippen LogP) is 3.85. The second kappa shape index (κ2) is 6.78. The van der Waals surface area contributed by atoms with Crippen molar-refractivity contribution < 1.29 is 4.79 Å². The second-order valence-corrected chi connectivity index (χ2v) is 5.84. The van der Waals surface area contributed by atoms with Crippen molar-refractivity contribution in [1.82, 2.24) is 10.6 Å². The molecule has 0 aliphatic carbocycles. The van der Waals surface area contributed by atoms with E-state index in [9.17, 15) is 4.79 Å². The molecule has 2 atom stereocenters. The highest BCUT2D eigenvalue weighted by Crippen LogP contribution is 2.17. The molecule has 2 N–H and O–H groups in total. The molecule has 3 nitrogen and oxygen atoms in total. The molecule has 4 heteroatoms. The van der Waals surface area contributed by atoms with Crippen molar-refractivity contribution in [2.24, 2.45) is 5.92 Å². The van der Waals surface area contributed by atoms with Gasteiger partial charge in [-0.25, -0.2) is 4.79 Å². The Labute approximate surface area is 117 Å². The zero-order chi connectivity index (χ0) is 13.7. The van der Waals surface area contributed by atoms with Gasteiger partial charge in [0.25, 0.3) is 0 Å². The normalized spacial score (nSPS) is 14.1. The quantitative estimate of drug-likeness (QED) is 0.871. The number of carbonyl (C=O) groups excluding carboxylic acids is 1. The monoisotopic (exact) mass is 312 g/mol. The minimum absolute atomic E-state index is 0.0122. The maximum atomic E-state index is 11.8. The maximum absolute atomic E-state index is 11.8. The third kappa shape index (κ3) is 4.69. The molecule has 0 aromatic heterocycles. The number of carbonyl (C=O) groups is 1. The molecule has 0 heterocycles. The fourth-order valence-corrected chi connectivity index (χ4v) is 1.89. The number of nitrogens with one attached hydrogen (secondary N) is 2. The van der Waals surface area contributed by atoms with E-state index in [1.807, 2.05) is 38.1 Å². The van der Waals surface area contributed by atoms with Gasteiger partial charge in [-0.3, -0.25) is 0 Å². The molecular formula is C14H21BrN2O. The predicted molar refractivity (Wildman–Crippen MR) is 78.5 cm³/mol. The highest BCUT2D eigenvalue weighted by molar-refractivity contribution is 9.10. The van der Waals surface area contributed by atoms with Gasteiger partial charge in [-0.05, 0) is 37.5 Å². The first kappa shape index (κ1) is 15.0. The van der Waals surface area contributed by atoms with Gasteiger partial charge < -0.3 is 10.6 Å². The third-order valence-corrected chi connectivity index (χ3v) is 3.55. The molecule has 2 unspecified atom stereocenters. The van der Waals surface area contributed by atoms with Crippen LogP contribution in [0.15, 0.2) is 28.7 Å². The van der Waals surface area contributed by atoms with Crippen LogP contribution in [0.1, 0.15) is 39.3 Å². The van der Waals surface area contributed by atoms with Gasteiger partial charge in [0.15, 0.2) is 0 Å². The molecule has 0 bridgehead atoms. The van der Waals surface area contributed by atoms with Crippen LogP contribution in [0.2, 0.25) is 0 Å². The van der Waals surface area contributed by atoms with Crippen LogP contribution in [0, 0.1) is 5.92 Å². The van der Waals surface area contributed by atoms with Gasteiger partial charge >= 0.3 is 6.03 Å². The number of hydrogen-bond acceptors (Lipinski definition) is 1. The van der Waals surface area contributed by atoms with E-state index in [1.54, 1.807) is 0 Å². The molecule has 1 aromatic rings. The van der Waals surface area contributed by atoms with E-state index in [4.69, 9.17) is 0 Å². The van der Waals surface area contributed by atoms with E-state index in [-0.39, 0.29) is 18.1 Å². The van der Waals surface area contributed by atoms with Gasteiger partial charge in [-0.1, -0.05) is 41.9 Å². The van der Waals surface area contributed by atoms with Crippen LogP contribution in [0.4, 0.5) is 4.79 Å². The second-order valence-electron chi connectivity index (χ2n) is 4.93. The highest BCUT2D eigenvalue weighted by Gasteiger charge is 2.13. The molecule has 0 fully saturated rings. The van der Waals surface area contributed by atoms with Crippen molar-refractivity contribution in [2.45, 2.75) is 39.8 Å². The van der Waals surface area contributed by atoms with Crippen molar-refractivity contribution in [1.29, 1.82) is 0 Å². The lowest BCUT2D eigenvalue weighted by atomic mass is 10.1. The standard InChI is InChI=1S/C14H21BrN2O/c1-9(2)10(3)16-14(18)17-11(4)12-6-5-7-13(15)8-12/h5-11H,1-4H3,(H2,16,17,18). The van der Waals surface area contributed by atoms with Crippen LogP contribution < -0.4 is 10.6 Å².